The van der Waals surface area contributed by atoms with Crippen molar-refractivity contribution in [3.05, 3.63) is 71.8 Å². The lowest BCUT2D eigenvalue weighted by Crippen LogP contribution is -2.60. The van der Waals surface area contributed by atoms with Crippen molar-refractivity contribution >= 4 is 39.4 Å². The van der Waals surface area contributed by atoms with Crippen molar-refractivity contribution in [3.8, 4) is 0 Å². The summed E-state index contributed by atoms with van der Waals surface area (Å²) in [5.74, 6) is -2.17. The van der Waals surface area contributed by atoms with Gasteiger partial charge >= 0.3 is 6.03 Å². The van der Waals surface area contributed by atoms with Crippen LogP contribution in [-0.2, 0) is 32.0 Å². The van der Waals surface area contributed by atoms with Crippen molar-refractivity contribution in [1.82, 2.24) is 9.80 Å². The van der Waals surface area contributed by atoms with Gasteiger partial charge in [0.2, 0.25) is 17.5 Å². The third-order valence-electron chi connectivity index (χ3n) is 5.90. The van der Waals surface area contributed by atoms with Crippen LogP contribution < -0.4 is 5.73 Å². The van der Waals surface area contributed by atoms with Gasteiger partial charge in [-0.3, -0.25) is 19.3 Å². The van der Waals surface area contributed by atoms with Crippen molar-refractivity contribution in [3.63, 3.8) is 0 Å². The molecule has 186 valence electrons. The number of hydrogen-bond donors (Lipinski definition) is 1. The Hall–Kier alpha value is -2.88. The Morgan fingerprint density at radius 3 is 2.09 bits per heavy atom. The number of benzene rings is 2. The number of morpholine rings is 1. The highest BCUT2D eigenvalue weighted by molar-refractivity contribution is 9.09. The van der Waals surface area contributed by atoms with Crippen LogP contribution in [0.2, 0.25) is 0 Å². The number of carbonyl (C=O) groups excluding carboxylic acids is 4. The Kier molecular flexibility index (Phi) is 10.1. The maximum Gasteiger partial charge on any atom is 0.327 e. The Bertz CT molecular complexity index is 1010. The number of nitrogens with zero attached hydrogens (tertiary/aromatic N) is 2. The number of rotatable bonds is 10. The second-order valence-electron chi connectivity index (χ2n) is 8.35. The summed E-state index contributed by atoms with van der Waals surface area (Å²) in [7, 11) is 0. The molecule has 1 aliphatic heterocycles. The number of nitrogens with two attached hydrogens (primary N) is 1. The number of carbonyl (C=O) groups is 4. The van der Waals surface area contributed by atoms with E-state index in [9.17, 15) is 19.2 Å². The predicted octanol–water partition coefficient (Wildman–Crippen LogP) is 2.37. The maximum absolute atomic E-state index is 13.6. The van der Waals surface area contributed by atoms with E-state index in [1.54, 1.807) is 0 Å². The first-order valence-electron chi connectivity index (χ1n) is 11.6. The number of amides is 3. The summed E-state index contributed by atoms with van der Waals surface area (Å²) >= 11 is 3.04. The van der Waals surface area contributed by atoms with Crippen LogP contribution in [0.1, 0.15) is 17.5 Å². The minimum absolute atomic E-state index is 0.113. The average Bonchev–Trinajstić information content (AvgIpc) is 2.91. The molecule has 0 spiro atoms. The minimum atomic E-state index is -1.26. The molecule has 1 aliphatic rings. The normalized spacial score (nSPS) is 15.2. The Balaban J connectivity index is 1.93. The number of Topliss-reactive ketones (excluding diaryl/α,β-unsaturated/α-hetero) is 2. The number of ketones is 2. The highest BCUT2D eigenvalue weighted by atomic mass is 79.9. The molecule has 35 heavy (non-hydrogen) atoms. The molecule has 0 saturated carbocycles. The van der Waals surface area contributed by atoms with Gasteiger partial charge in [-0.05, 0) is 30.4 Å². The molecule has 1 saturated heterocycles. The van der Waals surface area contributed by atoms with E-state index >= 15 is 0 Å². The number of alkyl halides is 1. The molecule has 1 heterocycles. The zero-order valence-corrected chi connectivity index (χ0v) is 21.1. The van der Waals surface area contributed by atoms with Crippen LogP contribution in [-0.4, -0.2) is 77.0 Å². The van der Waals surface area contributed by atoms with Gasteiger partial charge in [0.1, 0.15) is 6.04 Å². The summed E-state index contributed by atoms with van der Waals surface area (Å²) in [5, 5.41) is -0.197. The number of ether oxygens (including phenoxy) is 1. The second kappa shape index (κ2) is 13.3. The summed E-state index contributed by atoms with van der Waals surface area (Å²) < 4.78 is 5.34. The van der Waals surface area contributed by atoms with Gasteiger partial charge in [-0.2, -0.15) is 0 Å². The summed E-state index contributed by atoms with van der Waals surface area (Å²) in [6.45, 7) is 1.21. The SMILES string of the molecule is N[C@@H](Cc1ccccc1)C(=O)N(C(=O)N1CCOCC1)[C@@H](CCc1ccccc1)C(=O)C(=O)CBr. The molecule has 2 N–H and O–H groups in total. The zero-order valence-electron chi connectivity index (χ0n) is 19.5. The molecule has 0 aliphatic carbocycles. The second-order valence-corrected chi connectivity index (χ2v) is 8.91. The van der Waals surface area contributed by atoms with Crippen molar-refractivity contribution < 1.29 is 23.9 Å². The van der Waals surface area contributed by atoms with Gasteiger partial charge in [-0.25, -0.2) is 4.79 Å². The Labute approximate surface area is 213 Å². The molecule has 0 aromatic heterocycles. The van der Waals surface area contributed by atoms with Gasteiger partial charge in [0.25, 0.3) is 0 Å². The largest absolute Gasteiger partial charge is 0.378 e. The highest BCUT2D eigenvalue weighted by Crippen LogP contribution is 2.18. The molecule has 9 heteroatoms. The lowest BCUT2D eigenvalue weighted by Gasteiger charge is -2.36. The van der Waals surface area contributed by atoms with E-state index in [-0.39, 0.29) is 31.3 Å². The van der Waals surface area contributed by atoms with E-state index in [1.807, 2.05) is 60.7 Å². The summed E-state index contributed by atoms with van der Waals surface area (Å²) in [4.78, 5) is 55.3. The van der Waals surface area contributed by atoms with Crippen LogP contribution in [0.5, 0.6) is 0 Å². The van der Waals surface area contributed by atoms with Crippen LogP contribution in [0.25, 0.3) is 0 Å². The molecule has 2 aromatic carbocycles. The molecule has 0 bridgehead atoms. The standard InChI is InChI=1S/C26H30BrN3O5/c27-18-23(31)24(32)22(12-11-19-7-3-1-4-8-19)30(26(34)29-13-15-35-16-14-29)25(33)21(28)17-20-9-5-2-6-10-20/h1-10,21-22H,11-18,28H2/t21-,22-/m0/s1. The molecule has 0 radical (unpaired) electrons. The minimum Gasteiger partial charge on any atom is -0.378 e. The lowest BCUT2D eigenvalue weighted by molar-refractivity contribution is -0.143. The fourth-order valence-corrected chi connectivity index (χ4v) is 4.28. The van der Waals surface area contributed by atoms with Crippen molar-refractivity contribution in [2.24, 2.45) is 5.73 Å². The van der Waals surface area contributed by atoms with Gasteiger partial charge in [0.15, 0.2) is 0 Å². The fourth-order valence-electron chi connectivity index (χ4n) is 4.00. The average molecular weight is 544 g/mol. The third-order valence-corrected chi connectivity index (χ3v) is 6.41. The number of urea groups is 1. The van der Waals surface area contributed by atoms with E-state index in [0.717, 1.165) is 16.0 Å². The van der Waals surface area contributed by atoms with E-state index < -0.39 is 35.6 Å². The van der Waals surface area contributed by atoms with E-state index in [4.69, 9.17) is 10.5 Å². The Morgan fingerprint density at radius 2 is 1.51 bits per heavy atom. The van der Waals surface area contributed by atoms with E-state index in [1.165, 1.54) is 4.90 Å². The number of halogens is 1. The van der Waals surface area contributed by atoms with Crippen LogP contribution in [0, 0.1) is 0 Å². The smallest absolute Gasteiger partial charge is 0.327 e. The first-order valence-corrected chi connectivity index (χ1v) is 12.7. The topological polar surface area (TPSA) is 110 Å². The van der Waals surface area contributed by atoms with Crippen LogP contribution in [0.3, 0.4) is 0 Å². The molecule has 2 atom stereocenters. The molecular formula is C26H30BrN3O5. The van der Waals surface area contributed by atoms with Gasteiger partial charge in [-0.1, -0.05) is 76.6 Å². The molecule has 0 unspecified atom stereocenters. The molecular weight excluding hydrogens is 514 g/mol. The zero-order chi connectivity index (χ0) is 25.2. The van der Waals surface area contributed by atoms with E-state index in [0.29, 0.717) is 19.6 Å². The Morgan fingerprint density at radius 1 is 0.943 bits per heavy atom. The molecule has 3 rings (SSSR count). The molecule has 2 aromatic rings. The van der Waals surface area contributed by atoms with Gasteiger partial charge in [-0.15, -0.1) is 0 Å². The van der Waals surface area contributed by atoms with Crippen molar-refractivity contribution in [2.75, 3.05) is 31.6 Å². The number of imide groups is 1. The van der Waals surface area contributed by atoms with E-state index in [2.05, 4.69) is 15.9 Å². The quantitative estimate of drug-likeness (QED) is 0.364. The molecule has 1 fully saturated rings. The van der Waals surface area contributed by atoms with Crippen LogP contribution in [0.4, 0.5) is 4.79 Å². The molecule has 8 nitrogen and oxygen atoms in total. The third kappa shape index (κ3) is 7.30. The fraction of sp³-hybridized carbons (Fsp3) is 0.385. The van der Waals surface area contributed by atoms with Crippen molar-refractivity contribution in [1.29, 1.82) is 0 Å². The summed E-state index contributed by atoms with van der Waals surface area (Å²) in [6.07, 6.45) is 0.709. The monoisotopic (exact) mass is 543 g/mol. The van der Waals surface area contributed by atoms with Crippen LogP contribution >= 0.6 is 15.9 Å². The number of aryl methyl sites for hydroxylation is 1. The first kappa shape index (κ1) is 26.7. The molecule has 3 amide bonds. The summed E-state index contributed by atoms with van der Waals surface area (Å²) in [5.41, 5.74) is 8.04. The predicted molar refractivity (Wildman–Crippen MR) is 135 cm³/mol. The van der Waals surface area contributed by atoms with Crippen molar-refractivity contribution in [2.45, 2.75) is 31.3 Å². The lowest BCUT2D eigenvalue weighted by atomic mass is 9.97. The summed E-state index contributed by atoms with van der Waals surface area (Å²) in [6, 6.07) is 15.7. The first-order chi connectivity index (χ1) is 16.9. The maximum atomic E-state index is 13.6. The highest BCUT2D eigenvalue weighted by Gasteiger charge is 2.41. The number of hydrogen-bond acceptors (Lipinski definition) is 6. The van der Waals surface area contributed by atoms with Gasteiger partial charge in [0.05, 0.1) is 24.6 Å². The van der Waals surface area contributed by atoms with Gasteiger partial charge in [0, 0.05) is 13.1 Å². The van der Waals surface area contributed by atoms with Crippen LogP contribution in [0.15, 0.2) is 60.7 Å². The van der Waals surface area contributed by atoms with Gasteiger partial charge < -0.3 is 15.4 Å².